The Morgan fingerprint density at radius 2 is 2.06 bits per heavy atom. The maximum atomic E-state index is 6.10. The van der Waals surface area contributed by atoms with Crippen LogP contribution in [0.2, 0.25) is 5.02 Å². The lowest BCUT2D eigenvalue weighted by molar-refractivity contribution is 0.100. The number of para-hydroxylation sites is 1. The van der Waals surface area contributed by atoms with E-state index in [9.17, 15) is 0 Å². The molecular weight excluding hydrogens is 238 g/mol. The van der Waals surface area contributed by atoms with Crippen LogP contribution in [0.25, 0.3) is 0 Å². The predicted octanol–water partition coefficient (Wildman–Crippen LogP) is 2.65. The largest absolute Gasteiger partial charge is 0.489 e. The van der Waals surface area contributed by atoms with Crippen molar-refractivity contribution < 1.29 is 9.47 Å². The normalized spacial score (nSPS) is 10.5. The Kier molecular flexibility index (Phi) is 7.01. The molecule has 2 N–H and O–H groups in total. The van der Waals surface area contributed by atoms with E-state index in [2.05, 4.69) is 6.92 Å². The lowest BCUT2D eigenvalue weighted by Crippen LogP contribution is -2.10. The van der Waals surface area contributed by atoms with Crippen molar-refractivity contribution in [3.05, 3.63) is 28.8 Å². The van der Waals surface area contributed by atoms with E-state index in [0.29, 0.717) is 24.8 Å². The molecule has 0 aromatic heterocycles. The third kappa shape index (κ3) is 4.94. The Morgan fingerprint density at radius 3 is 2.76 bits per heavy atom. The first-order chi connectivity index (χ1) is 8.29. The summed E-state index contributed by atoms with van der Waals surface area (Å²) in [6, 6.07) is 5.72. The summed E-state index contributed by atoms with van der Waals surface area (Å²) in [5.41, 5.74) is 6.60. The Bertz CT molecular complexity index is 331. The molecular formula is C13H20ClNO2. The molecule has 0 aliphatic carbocycles. The van der Waals surface area contributed by atoms with E-state index >= 15 is 0 Å². The number of hydrogen-bond acceptors (Lipinski definition) is 3. The fraction of sp³-hybridized carbons (Fsp3) is 0.538. The van der Waals surface area contributed by atoms with Crippen molar-refractivity contribution >= 4 is 11.6 Å². The Labute approximate surface area is 108 Å². The van der Waals surface area contributed by atoms with Crippen molar-refractivity contribution in [1.29, 1.82) is 0 Å². The first kappa shape index (κ1) is 14.3. The summed E-state index contributed by atoms with van der Waals surface area (Å²) >= 11 is 6.10. The number of hydrogen-bond donors (Lipinski definition) is 1. The highest BCUT2D eigenvalue weighted by Gasteiger charge is 2.07. The van der Waals surface area contributed by atoms with Gasteiger partial charge in [0, 0.05) is 6.61 Å². The van der Waals surface area contributed by atoms with Crippen LogP contribution < -0.4 is 10.5 Å². The van der Waals surface area contributed by atoms with Crippen LogP contribution in [0, 0.1) is 0 Å². The number of ether oxygens (including phenoxy) is 2. The summed E-state index contributed by atoms with van der Waals surface area (Å²) in [5.74, 6) is 0.736. The second-order valence-electron chi connectivity index (χ2n) is 3.73. The summed E-state index contributed by atoms with van der Waals surface area (Å²) in [7, 11) is 0. The van der Waals surface area contributed by atoms with Gasteiger partial charge in [-0.25, -0.2) is 0 Å². The molecule has 0 heterocycles. The van der Waals surface area contributed by atoms with Crippen molar-refractivity contribution in [2.24, 2.45) is 5.73 Å². The maximum Gasteiger partial charge on any atom is 0.141 e. The van der Waals surface area contributed by atoms with Gasteiger partial charge in [0.1, 0.15) is 12.4 Å². The second kappa shape index (κ2) is 8.34. The third-order valence-electron chi connectivity index (χ3n) is 2.28. The number of benzene rings is 1. The Balaban J connectivity index is 2.50. The van der Waals surface area contributed by atoms with Gasteiger partial charge in [0.15, 0.2) is 0 Å². The van der Waals surface area contributed by atoms with Gasteiger partial charge in [0.2, 0.25) is 0 Å². The molecule has 96 valence electrons. The van der Waals surface area contributed by atoms with Gasteiger partial charge in [-0.2, -0.15) is 0 Å². The van der Waals surface area contributed by atoms with Crippen molar-refractivity contribution in [3.63, 3.8) is 0 Å². The highest BCUT2D eigenvalue weighted by Crippen LogP contribution is 2.28. The van der Waals surface area contributed by atoms with E-state index in [1.165, 1.54) is 0 Å². The number of nitrogens with two attached hydrogens (primary N) is 1. The fourth-order valence-corrected chi connectivity index (χ4v) is 1.77. The minimum absolute atomic E-state index is 0.515. The molecule has 0 aliphatic rings. The molecule has 1 aromatic carbocycles. The van der Waals surface area contributed by atoms with Crippen LogP contribution in [0.4, 0.5) is 0 Å². The van der Waals surface area contributed by atoms with E-state index in [1.807, 2.05) is 18.2 Å². The van der Waals surface area contributed by atoms with Crippen LogP contribution in [-0.2, 0) is 11.2 Å². The minimum atomic E-state index is 0.515. The molecule has 0 radical (unpaired) electrons. The number of halogens is 1. The summed E-state index contributed by atoms with van der Waals surface area (Å²) < 4.78 is 11.0. The molecule has 0 spiro atoms. The Morgan fingerprint density at radius 1 is 1.24 bits per heavy atom. The minimum Gasteiger partial charge on any atom is -0.489 e. The summed E-state index contributed by atoms with van der Waals surface area (Å²) in [5, 5.41) is 0.631. The molecule has 1 aromatic rings. The molecule has 0 atom stereocenters. The van der Waals surface area contributed by atoms with Crippen LogP contribution in [0.3, 0.4) is 0 Å². The average Bonchev–Trinajstić information content (AvgIpc) is 2.32. The van der Waals surface area contributed by atoms with Crippen LogP contribution in [0.15, 0.2) is 18.2 Å². The quantitative estimate of drug-likeness (QED) is 0.728. The molecule has 0 saturated carbocycles. The predicted molar refractivity (Wildman–Crippen MR) is 70.8 cm³/mol. The van der Waals surface area contributed by atoms with Gasteiger partial charge in [-0.05, 0) is 31.0 Å². The zero-order chi connectivity index (χ0) is 12.5. The van der Waals surface area contributed by atoms with Gasteiger partial charge in [-0.15, -0.1) is 0 Å². The van der Waals surface area contributed by atoms with E-state index in [0.717, 1.165) is 30.8 Å². The SMILES string of the molecule is CCCOCCOc1c(Cl)cccc1CCN. The molecule has 1 rings (SSSR count). The second-order valence-corrected chi connectivity index (χ2v) is 4.13. The molecule has 17 heavy (non-hydrogen) atoms. The van der Waals surface area contributed by atoms with Gasteiger partial charge in [-0.1, -0.05) is 30.7 Å². The van der Waals surface area contributed by atoms with E-state index in [1.54, 1.807) is 0 Å². The highest BCUT2D eigenvalue weighted by atomic mass is 35.5. The van der Waals surface area contributed by atoms with Crippen LogP contribution >= 0.6 is 11.6 Å². The number of rotatable bonds is 8. The standard InChI is InChI=1S/C13H20ClNO2/c1-2-8-16-9-10-17-13-11(6-7-15)4-3-5-12(13)14/h3-5H,2,6-10,15H2,1H3. The molecule has 0 saturated heterocycles. The van der Waals surface area contributed by atoms with Gasteiger partial charge in [0.05, 0.1) is 11.6 Å². The van der Waals surface area contributed by atoms with Crippen molar-refractivity contribution in [2.45, 2.75) is 19.8 Å². The monoisotopic (exact) mass is 257 g/mol. The van der Waals surface area contributed by atoms with Crippen LogP contribution in [-0.4, -0.2) is 26.4 Å². The first-order valence-electron chi connectivity index (χ1n) is 5.97. The molecule has 0 aliphatic heterocycles. The fourth-order valence-electron chi connectivity index (χ4n) is 1.52. The van der Waals surface area contributed by atoms with Gasteiger partial charge < -0.3 is 15.2 Å². The summed E-state index contributed by atoms with van der Waals surface area (Å²) in [6.45, 7) is 4.53. The third-order valence-corrected chi connectivity index (χ3v) is 2.58. The summed E-state index contributed by atoms with van der Waals surface area (Å²) in [6.07, 6.45) is 1.79. The topological polar surface area (TPSA) is 44.5 Å². The van der Waals surface area contributed by atoms with Crippen molar-refractivity contribution in [2.75, 3.05) is 26.4 Å². The van der Waals surface area contributed by atoms with Crippen LogP contribution in [0.1, 0.15) is 18.9 Å². The lowest BCUT2D eigenvalue weighted by atomic mass is 10.1. The van der Waals surface area contributed by atoms with Crippen molar-refractivity contribution in [3.8, 4) is 5.75 Å². The molecule has 0 bridgehead atoms. The first-order valence-corrected chi connectivity index (χ1v) is 6.35. The molecule has 0 amide bonds. The average molecular weight is 258 g/mol. The van der Waals surface area contributed by atoms with E-state index in [-0.39, 0.29) is 0 Å². The molecule has 3 nitrogen and oxygen atoms in total. The smallest absolute Gasteiger partial charge is 0.141 e. The van der Waals surface area contributed by atoms with Crippen LogP contribution in [0.5, 0.6) is 5.75 Å². The highest BCUT2D eigenvalue weighted by molar-refractivity contribution is 6.32. The zero-order valence-electron chi connectivity index (χ0n) is 10.2. The molecule has 0 fully saturated rings. The van der Waals surface area contributed by atoms with E-state index < -0.39 is 0 Å². The zero-order valence-corrected chi connectivity index (χ0v) is 11.0. The molecule has 4 heteroatoms. The van der Waals surface area contributed by atoms with Gasteiger partial charge in [0.25, 0.3) is 0 Å². The van der Waals surface area contributed by atoms with Gasteiger partial charge in [-0.3, -0.25) is 0 Å². The maximum absolute atomic E-state index is 6.10. The van der Waals surface area contributed by atoms with Crippen molar-refractivity contribution in [1.82, 2.24) is 0 Å². The Hall–Kier alpha value is -0.770. The lowest BCUT2D eigenvalue weighted by Gasteiger charge is -2.12. The summed E-state index contributed by atoms with van der Waals surface area (Å²) in [4.78, 5) is 0. The van der Waals surface area contributed by atoms with Gasteiger partial charge >= 0.3 is 0 Å². The van der Waals surface area contributed by atoms with E-state index in [4.69, 9.17) is 26.8 Å². The molecule has 0 unspecified atom stereocenters.